The Labute approximate surface area is 365 Å². The monoisotopic (exact) mass is 812 g/mol. The predicted molar refractivity (Wildman–Crippen MR) is 262 cm³/mol. The van der Waals surface area contributed by atoms with Crippen molar-refractivity contribution in [3.05, 3.63) is 252 Å². The third kappa shape index (κ3) is 8.09. The second kappa shape index (κ2) is 16.9. The topological polar surface area (TPSA) is 48.7 Å². The van der Waals surface area contributed by atoms with Gasteiger partial charge in [0.25, 0.3) is 0 Å². The molecule has 0 saturated carbocycles. The first-order valence-corrected chi connectivity index (χ1v) is 20.8. The second-order valence-electron chi connectivity index (χ2n) is 15.4. The second-order valence-corrected chi connectivity index (χ2v) is 15.4. The average molecular weight is 813 g/mol. The quantitative estimate of drug-likeness (QED) is 0.132. The van der Waals surface area contributed by atoms with Gasteiger partial charge in [0, 0.05) is 22.6 Å². The molecule has 0 spiro atoms. The lowest BCUT2D eigenvalue weighted by Gasteiger charge is -2.17. The van der Waals surface area contributed by atoms with Crippen LogP contribution in [-0.4, -0.2) is 0 Å². The summed E-state index contributed by atoms with van der Waals surface area (Å²) in [5, 5.41) is 8.33. The number of allylic oxidation sites excluding steroid dienone is 2. The van der Waals surface area contributed by atoms with Crippen molar-refractivity contribution in [2.24, 2.45) is 0 Å². The van der Waals surface area contributed by atoms with Gasteiger partial charge in [-0.25, -0.2) is 4.79 Å². The molecule has 9 aromatic carbocycles. The molecule has 3 heterocycles. The first kappa shape index (κ1) is 38.7. The van der Waals surface area contributed by atoms with Crippen LogP contribution in [0.5, 0.6) is 11.5 Å². The maximum absolute atomic E-state index is 11.4. The highest BCUT2D eigenvalue weighted by Gasteiger charge is 2.15. The van der Waals surface area contributed by atoms with Crippen LogP contribution in [0.1, 0.15) is 11.1 Å². The highest BCUT2D eigenvalue weighted by atomic mass is 16.5. The minimum absolute atomic E-state index is 0.322. The van der Waals surface area contributed by atoms with E-state index in [1.54, 1.807) is 6.07 Å². The van der Waals surface area contributed by atoms with Crippen molar-refractivity contribution < 1.29 is 13.9 Å². The van der Waals surface area contributed by atoms with E-state index in [2.05, 4.69) is 147 Å². The van der Waals surface area contributed by atoms with Crippen LogP contribution in [0.3, 0.4) is 0 Å². The van der Waals surface area contributed by atoms with Crippen molar-refractivity contribution in [2.75, 3.05) is 0 Å². The molecule has 10 aromatic rings. The van der Waals surface area contributed by atoms with E-state index in [1.165, 1.54) is 49.5 Å². The van der Waals surface area contributed by atoms with Crippen molar-refractivity contribution in [1.29, 1.82) is 0 Å². The molecule has 0 radical (unpaired) electrons. The molecular weight excluding hydrogens is 773 g/mol. The van der Waals surface area contributed by atoms with E-state index < -0.39 is 0 Å². The molecule has 0 aliphatic carbocycles. The van der Waals surface area contributed by atoms with Crippen molar-refractivity contribution in [2.45, 2.75) is 0 Å². The van der Waals surface area contributed by atoms with E-state index in [-0.39, 0.29) is 5.63 Å². The van der Waals surface area contributed by atoms with Crippen LogP contribution in [0.25, 0.3) is 88.8 Å². The van der Waals surface area contributed by atoms with Crippen molar-refractivity contribution in [3.63, 3.8) is 0 Å². The van der Waals surface area contributed by atoms with Crippen LogP contribution in [0.15, 0.2) is 240 Å². The van der Waals surface area contributed by atoms with E-state index in [0.29, 0.717) is 17.1 Å². The molecule has 2 aliphatic heterocycles. The van der Waals surface area contributed by atoms with Crippen molar-refractivity contribution >= 4 is 55.4 Å². The number of hydrogen-bond donors (Lipinski definition) is 0. The molecule has 0 N–H and O–H groups in total. The summed E-state index contributed by atoms with van der Waals surface area (Å²) in [5.41, 5.74) is 9.43. The summed E-state index contributed by atoms with van der Waals surface area (Å²) in [6.45, 7) is 7.71. The van der Waals surface area contributed by atoms with Crippen LogP contribution in [0.2, 0.25) is 0 Å². The Bertz CT molecular complexity index is 3460. The Morgan fingerprint density at radius 1 is 0.365 bits per heavy atom. The predicted octanol–water partition coefficient (Wildman–Crippen LogP) is 15.5. The molecule has 0 unspecified atom stereocenters. The van der Waals surface area contributed by atoms with E-state index in [9.17, 15) is 4.79 Å². The van der Waals surface area contributed by atoms with E-state index in [0.717, 1.165) is 50.3 Å². The lowest BCUT2D eigenvalue weighted by molar-refractivity contribution is 0.442. The first-order chi connectivity index (χ1) is 30.9. The zero-order valence-electron chi connectivity index (χ0n) is 34.3. The van der Waals surface area contributed by atoms with Gasteiger partial charge < -0.3 is 13.9 Å². The SMILES string of the molecule is C=C1C=Cc2ccc(-c3c4ccccc4cc4ccccc34)cc2O1.C=C1C=Cc2ccc(-c3ccccc3)cc2O1.O=c1ccc2ccc(-c3cccc4ccccc34)cc2o1. The molecular formula is C59H40O4. The van der Waals surface area contributed by atoms with Gasteiger partial charge in [-0.2, -0.15) is 0 Å². The normalized spacial score (nSPS) is 12.4. The molecule has 0 saturated heterocycles. The van der Waals surface area contributed by atoms with E-state index in [4.69, 9.17) is 13.9 Å². The van der Waals surface area contributed by atoms with Gasteiger partial charge in [-0.1, -0.05) is 171 Å². The van der Waals surface area contributed by atoms with Gasteiger partial charge >= 0.3 is 5.63 Å². The van der Waals surface area contributed by atoms with E-state index in [1.807, 2.05) is 72.8 Å². The Morgan fingerprint density at radius 3 is 1.59 bits per heavy atom. The molecule has 0 bridgehead atoms. The van der Waals surface area contributed by atoms with Gasteiger partial charge in [-0.05, 0) is 120 Å². The zero-order chi connectivity index (χ0) is 42.7. The van der Waals surface area contributed by atoms with Gasteiger partial charge in [0.05, 0.1) is 0 Å². The lowest BCUT2D eigenvalue weighted by atomic mass is 9.91. The number of rotatable bonds is 3. The number of ether oxygens (including phenoxy) is 2. The fourth-order valence-electron chi connectivity index (χ4n) is 8.23. The standard InChI is InChI=1S/C24H16O.C19H12O2.C16H12O/c1-16-10-11-17-12-13-20(15-23(17)25-16)24-21-8-4-2-6-18(21)14-19-7-3-5-9-22(19)24;20-19-11-10-14-8-9-15(12-18(14)21-19)17-7-3-5-13-4-1-2-6-16(13)17;1-12-7-8-14-9-10-15(11-16(14)17-12)13-5-3-2-4-6-13/h2-15H,1H2;1-12H;2-11H,1H2. The maximum Gasteiger partial charge on any atom is 0.336 e. The van der Waals surface area contributed by atoms with Gasteiger partial charge in [-0.3, -0.25) is 0 Å². The maximum atomic E-state index is 11.4. The van der Waals surface area contributed by atoms with Gasteiger partial charge in [0.1, 0.15) is 28.6 Å². The smallest absolute Gasteiger partial charge is 0.336 e. The minimum atomic E-state index is -0.322. The largest absolute Gasteiger partial charge is 0.457 e. The zero-order valence-corrected chi connectivity index (χ0v) is 34.3. The molecule has 300 valence electrons. The summed E-state index contributed by atoms with van der Waals surface area (Å²) in [7, 11) is 0. The summed E-state index contributed by atoms with van der Waals surface area (Å²) >= 11 is 0. The summed E-state index contributed by atoms with van der Waals surface area (Å²) in [6.07, 6.45) is 7.85. The van der Waals surface area contributed by atoms with Crippen molar-refractivity contribution in [1.82, 2.24) is 0 Å². The third-order valence-corrected chi connectivity index (χ3v) is 11.3. The van der Waals surface area contributed by atoms with Gasteiger partial charge in [0.15, 0.2) is 0 Å². The van der Waals surface area contributed by atoms with Crippen LogP contribution >= 0.6 is 0 Å². The van der Waals surface area contributed by atoms with Gasteiger partial charge in [0.2, 0.25) is 0 Å². The Kier molecular flexibility index (Phi) is 10.4. The summed E-state index contributed by atoms with van der Waals surface area (Å²) in [6, 6.07) is 66.0. The van der Waals surface area contributed by atoms with Crippen LogP contribution in [-0.2, 0) is 0 Å². The summed E-state index contributed by atoms with van der Waals surface area (Å²) < 4.78 is 16.7. The summed E-state index contributed by atoms with van der Waals surface area (Å²) in [4.78, 5) is 11.4. The highest BCUT2D eigenvalue weighted by Crippen LogP contribution is 2.40. The van der Waals surface area contributed by atoms with Crippen molar-refractivity contribution in [3.8, 4) is 44.9 Å². The molecule has 1 aromatic heterocycles. The Hall–Kier alpha value is -8.47. The Morgan fingerprint density at radius 2 is 0.905 bits per heavy atom. The van der Waals surface area contributed by atoms with Crippen LogP contribution < -0.4 is 15.1 Å². The van der Waals surface area contributed by atoms with Gasteiger partial charge in [-0.15, -0.1) is 0 Å². The fraction of sp³-hybridized carbons (Fsp3) is 0. The Balaban J connectivity index is 0.000000114. The molecule has 4 nitrogen and oxygen atoms in total. The molecule has 0 fully saturated rings. The average Bonchev–Trinajstić information content (AvgIpc) is 3.33. The molecule has 12 rings (SSSR count). The first-order valence-electron chi connectivity index (χ1n) is 20.8. The summed E-state index contributed by atoms with van der Waals surface area (Å²) in [5.74, 6) is 3.09. The molecule has 63 heavy (non-hydrogen) atoms. The van der Waals surface area contributed by atoms with Crippen LogP contribution in [0, 0.1) is 0 Å². The van der Waals surface area contributed by atoms with Crippen LogP contribution in [0.4, 0.5) is 0 Å². The van der Waals surface area contributed by atoms with E-state index >= 15 is 0 Å². The molecule has 2 aliphatic rings. The number of hydrogen-bond acceptors (Lipinski definition) is 4. The highest BCUT2D eigenvalue weighted by molar-refractivity contribution is 6.12. The molecule has 0 atom stereocenters. The number of benzene rings is 9. The molecule has 0 amide bonds. The lowest BCUT2D eigenvalue weighted by Crippen LogP contribution is -1.98. The number of fused-ring (bicyclic) bond motifs is 6. The molecule has 4 heteroatoms. The third-order valence-electron chi connectivity index (χ3n) is 11.3. The fourth-order valence-corrected chi connectivity index (χ4v) is 8.23. The minimum Gasteiger partial charge on any atom is -0.457 e.